The number of nitrogens with zero attached hydrogens (tertiary/aromatic N) is 1. The minimum absolute atomic E-state index is 0.141. The van der Waals surface area contributed by atoms with Crippen LogP contribution in [-0.2, 0) is 0 Å². The van der Waals surface area contributed by atoms with E-state index in [1.165, 1.54) is 0 Å². The van der Waals surface area contributed by atoms with Gasteiger partial charge in [0.2, 0.25) is 0 Å². The summed E-state index contributed by atoms with van der Waals surface area (Å²) in [6.45, 7) is 2.62. The Hall–Kier alpha value is -1.71. The zero-order valence-electron chi connectivity index (χ0n) is 8.60. The maximum atomic E-state index is 11.7. The average molecular weight is 206 g/mol. The molecular weight excluding hydrogens is 192 g/mol. The molecule has 0 saturated carbocycles. The fraction of sp³-hybridized carbons (Fsp3) is 0.364. The second-order valence-electron chi connectivity index (χ2n) is 3.78. The summed E-state index contributed by atoms with van der Waals surface area (Å²) in [6, 6.07) is 6.93. The number of aromatic hydroxyl groups is 1. The average Bonchev–Trinajstić information content (AvgIpc) is 2.20. The van der Waals surface area contributed by atoms with Crippen LogP contribution in [-0.4, -0.2) is 23.7 Å². The maximum Gasteiger partial charge on any atom is 0.322 e. The Morgan fingerprint density at radius 2 is 2.20 bits per heavy atom. The first-order chi connectivity index (χ1) is 7.18. The molecule has 4 heteroatoms. The second kappa shape index (κ2) is 3.81. The number of phenols is 1. The highest BCUT2D eigenvalue weighted by atomic mass is 16.3. The van der Waals surface area contributed by atoms with E-state index in [9.17, 15) is 9.90 Å². The van der Waals surface area contributed by atoms with Crippen molar-refractivity contribution in [2.75, 3.05) is 11.4 Å². The van der Waals surface area contributed by atoms with E-state index in [4.69, 9.17) is 0 Å². The molecule has 1 fully saturated rings. The molecule has 0 radical (unpaired) electrons. The van der Waals surface area contributed by atoms with Gasteiger partial charge in [0.1, 0.15) is 5.75 Å². The first-order valence-electron chi connectivity index (χ1n) is 5.04. The number of amides is 2. The van der Waals surface area contributed by atoms with Crippen molar-refractivity contribution in [2.24, 2.45) is 0 Å². The predicted molar refractivity (Wildman–Crippen MR) is 58.1 cm³/mol. The molecule has 0 bridgehead atoms. The van der Waals surface area contributed by atoms with Crippen molar-refractivity contribution >= 4 is 11.7 Å². The van der Waals surface area contributed by atoms with Crippen LogP contribution in [0.1, 0.15) is 13.3 Å². The van der Waals surface area contributed by atoms with E-state index >= 15 is 0 Å². The molecule has 80 valence electrons. The molecule has 0 aliphatic carbocycles. The van der Waals surface area contributed by atoms with Crippen LogP contribution >= 0.6 is 0 Å². The van der Waals surface area contributed by atoms with Gasteiger partial charge in [-0.05, 0) is 25.5 Å². The van der Waals surface area contributed by atoms with Crippen molar-refractivity contribution in [1.29, 1.82) is 0 Å². The molecule has 1 saturated heterocycles. The van der Waals surface area contributed by atoms with Crippen LogP contribution in [0.3, 0.4) is 0 Å². The molecule has 1 aliphatic heterocycles. The third-order valence-corrected chi connectivity index (χ3v) is 2.57. The summed E-state index contributed by atoms with van der Waals surface area (Å²) in [6.07, 6.45) is 0.889. The van der Waals surface area contributed by atoms with Crippen LogP contribution in [0, 0.1) is 0 Å². The molecule has 15 heavy (non-hydrogen) atoms. The van der Waals surface area contributed by atoms with Gasteiger partial charge in [0.05, 0.1) is 5.69 Å². The Kier molecular flexibility index (Phi) is 2.49. The van der Waals surface area contributed by atoms with Gasteiger partial charge in [0.25, 0.3) is 0 Å². The molecule has 1 aliphatic rings. The molecule has 2 N–H and O–H groups in total. The number of anilines is 1. The fourth-order valence-corrected chi connectivity index (χ4v) is 1.71. The molecule has 1 aromatic carbocycles. The molecule has 1 atom stereocenters. The van der Waals surface area contributed by atoms with Gasteiger partial charge in [-0.1, -0.05) is 12.1 Å². The van der Waals surface area contributed by atoms with Gasteiger partial charge in [0.15, 0.2) is 0 Å². The summed E-state index contributed by atoms with van der Waals surface area (Å²) in [4.78, 5) is 13.2. The monoisotopic (exact) mass is 206 g/mol. The van der Waals surface area contributed by atoms with Gasteiger partial charge >= 0.3 is 6.03 Å². The molecule has 2 amide bonds. The van der Waals surface area contributed by atoms with Gasteiger partial charge in [-0.3, -0.25) is 4.90 Å². The van der Waals surface area contributed by atoms with Crippen LogP contribution in [0.2, 0.25) is 0 Å². The smallest absolute Gasteiger partial charge is 0.322 e. The molecule has 1 unspecified atom stereocenters. The number of nitrogens with one attached hydrogen (secondary N) is 1. The number of urea groups is 1. The summed E-state index contributed by atoms with van der Waals surface area (Å²) in [5.74, 6) is 0.141. The standard InChI is InChI=1S/C11H14N2O2/c1-8-6-7-13(11(15)12-8)9-4-2-3-5-10(9)14/h2-5,8,14H,6-7H2,1H3,(H,12,15). The lowest BCUT2D eigenvalue weighted by Crippen LogP contribution is -2.50. The number of phenolic OH excluding ortho intramolecular Hbond substituents is 1. The van der Waals surface area contributed by atoms with E-state index in [1.807, 2.05) is 6.92 Å². The van der Waals surface area contributed by atoms with Crippen LogP contribution in [0.4, 0.5) is 10.5 Å². The molecule has 2 rings (SSSR count). The molecule has 0 spiro atoms. The van der Waals surface area contributed by atoms with Crippen molar-refractivity contribution in [3.63, 3.8) is 0 Å². The summed E-state index contributed by atoms with van der Waals surface area (Å²) < 4.78 is 0. The van der Waals surface area contributed by atoms with Crippen molar-refractivity contribution < 1.29 is 9.90 Å². The van der Waals surface area contributed by atoms with Crippen molar-refractivity contribution in [1.82, 2.24) is 5.32 Å². The van der Waals surface area contributed by atoms with Crippen molar-refractivity contribution in [3.8, 4) is 5.75 Å². The zero-order chi connectivity index (χ0) is 10.8. The molecule has 1 aromatic rings. The quantitative estimate of drug-likeness (QED) is 0.734. The van der Waals surface area contributed by atoms with Gasteiger partial charge in [-0.15, -0.1) is 0 Å². The molecule has 4 nitrogen and oxygen atoms in total. The van der Waals surface area contributed by atoms with Crippen molar-refractivity contribution in [3.05, 3.63) is 24.3 Å². The molecule has 0 aromatic heterocycles. The van der Waals surface area contributed by atoms with Gasteiger partial charge in [-0.25, -0.2) is 4.79 Å². The molecular formula is C11H14N2O2. The number of rotatable bonds is 1. The molecule has 1 heterocycles. The van der Waals surface area contributed by atoms with E-state index in [0.717, 1.165) is 6.42 Å². The number of para-hydroxylation sites is 2. The predicted octanol–water partition coefficient (Wildman–Crippen LogP) is 1.70. The lowest BCUT2D eigenvalue weighted by Gasteiger charge is -2.31. The van der Waals surface area contributed by atoms with E-state index < -0.39 is 0 Å². The number of hydrogen-bond acceptors (Lipinski definition) is 2. The highest BCUT2D eigenvalue weighted by Gasteiger charge is 2.24. The maximum absolute atomic E-state index is 11.7. The summed E-state index contributed by atoms with van der Waals surface area (Å²) in [7, 11) is 0. The van der Waals surface area contributed by atoms with Crippen LogP contribution in [0.25, 0.3) is 0 Å². The Bertz CT molecular complexity index is 379. The lowest BCUT2D eigenvalue weighted by molar-refractivity contribution is 0.237. The SMILES string of the molecule is CC1CCN(c2ccccc2O)C(=O)N1. The van der Waals surface area contributed by atoms with E-state index in [1.54, 1.807) is 29.2 Å². The number of carbonyl (C=O) groups excluding carboxylic acids is 1. The van der Waals surface area contributed by atoms with E-state index in [0.29, 0.717) is 12.2 Å². The Morgan fingerprint density at radius 1 is 1.47 bits per heavy atom. The second-order valence-corrected chi connectivity index (χ2v) is 3.78. The van der Waals surface area contributed by atoms with Crippen LogP contribution < -0.4 is 10.2 Å². The third-order valence-electron chi connectivity index (χ3n) is 2.57. The van der Waals surface area contributed by atoms with Crippen LogP contribution in [0.5, 0.6) is 5.75 Å². The zero-order valence-corrected chi connectivity index (χ0v) is 8.60. The first-order valence-corrected chi connectivity index (χ1v) is 5.04. The van der Waals surface area contributed by atoms with E-state index in [-0.39, 0.29) is 17.8 Å². The van der Waals surface area contributed by atoms with Gasteiger partial charge < -0.3 is 10.4 Å². The first kappa shape index (κ1) is 9.83. The number of hydrogen-bond donors (Lipinski definition) is 2. The highest BCUT2D eigenvalue weighted by Crippen LogP contribution is 2.27. The summed E-state index contributed by atoms with van der Waals surface area (Å²) in [5.41, 5.74) is 0.571. The highest BCUT2D eigenvalue weighted by molar-refractivity contribution is 5.94. The summed E-state index contributed by atoms with van der Waals surface area (Å²) >= 11 is 0. The fourth-order valence-electron chi connectivity index (χ4n) is 1.71. The Balaban J connectivity index is 2.24. The summed E-state index contributed by atoms with van der Waals surface area (Å²) in [5, 5.41) is 12.5. The van der Waals surface area contributed by atoms with Gasteiger partial charge in [-0.2, -0.15) is 0 Å². The normalized spacial score (nSPS) is 21.3. The topological polar surface area (TPSA) is 52.6 Å². The third kappa shape index (κ3) is 1.88. The van der Waals surface area contributed by atoms with E-state index in [2.05, 4.69) is 5.32 Å². The lowest BCUT2D eigenvalue weighted by atomic mass is 10.1. The Labute approximate surface area is 88.5 Å². The minimum atomic E-state index is -0.143. The Morgan fingerprint density at radius 3 is 2.87 bits per heavy atom. The van der Waals surface area contributed by atoms with Crippen molar-refractivity contribution in [2.45, 2.75) is 19.4 Å². The van der Waals surface area contributed by atoms with Gasteiger partial charge in [0, 0.05) is 12.6 Å². The number of carbonyl (C=O) groups is 1. The minimum Gasteiger partial charge on any atom is -0.506 e. The number of benzene rings is 1. The van der Waals surface area contributed by atoms with Crippen LogP contribution in [0.15, 0.2) is 24.3 Å². The largest absolute Gasteiger partial charge is 0.506 e.